The molecule has 0 saturated heterocycles. The Bertz CT molecular complexity index is 1090. The smallest absolute Gasteiger partial charge is 0.144 e. The number of rotatable bonds is 2. The highest BCUT2D eigenvalue weighted by Crippen LogP contribution is 2.29. The van der Waals surface area contributed by atoms with Crippen molar-refractivity contribution in [1.82, 2.24) is 19.4 Å². The summed E-state index contributed by atoms with van der Waals surface area (Å²) in [7, 11) is 0. The van der Waals surface area contributed by atoms with Crippen molar-refractivity contribution >= 4 is 5.65 Å². The van der Waals surface area contributed by atoms with Gasteiger partial charge in [0.25, 0.3) is 0 Å². The monoisotopic (exact) mass is 311 g/mol. The van der Waals surface area contributed by atoms with Gasteiger partial charge < -0.3 is 0 Å². The third-order valence-electron chi connectivity index (χ3n) is 3.87. The minimum Gasteiger partial charge on any atom is -0.291 e. The Kier molecular flexibility index (Phi) is 3.29. The summed E-state index contributed by atoms with van der Waals surface area (Å²) in [4.78, 5) is 13.3. The average Bonchev–Trinajstić information content (AvgIpc) is 3.04. The van der Waals surface area contributed by atoms with Crippen LogP contribution in [0.4, 0.5) is 0 Å². The molecule has 4 aromatic heterocycles. The van der Waals surface area contributed by atoms with Crippen LogP contribution in [0.1, 0.15) is 11.4 Å². The number of aromatic nitrogens is 4. The van der Waals surface area contributed by atoms with E-state index in [0.29, 0.717) is 5.69 Å². The first-order chi connectivity index (χ1) is 11.8. The quantitative estimate of drug-likeness (QED) is 0.567. The molecule has 0 aliphatic heterocycles. The van der Waals surface area contributed by atoms with Gasteiger partial charge in [-0.25, -0.2) is 4.98 Å². The van der Waals surface area contributed by atoms with Crippen molar-refractivity contribution < 1.29 is 0 Å². The summed E-state index contributed by atoms with van der Waals surface area (Å²) in [5, 5.41) is 9.22. The van der Waals surface area contributed by atoms with E-state index in [4.69, 9.17) is 0 Å². The van der Waals surface area contributed by atoms with E-state index >= 15 is 0 Å². The zero-order valence-corrected chi connectivity index (χ0v) is 13.0. The van der Waals surface area contributed by atoms with Gasteiger partial charge in [0, 0.05) is 29.2 Å². The molecule has 0 saturated carbocycles. The molecule has 114 valence electrons. The Morgan fingerprint density at radius 1 is 1.04 bits per heavy atom. The molecule has 5 heteroatoms. The summed E-state index contributed by atoms with van der Waals surface area (Å²) in [6, 6.07) is 15.8. The Morgan fingerprint density at radius 3 is 2.79 bits per heavy atom. The molecule has 0 fully saturated rings. The molecule has 4 aromatic rings. The van der Waals surface area contributed by atoms with Gasteiger partial charge in [0.15, 0.2) is 0 Å². The number of aryl methyl sites for hydroxylation is 1. The van der Waals surface area contributed by atoms with Crippen molar-refractivity contribution in [3.05, 3.63) is 72.4 Å². The first kappa shape index (κ1) is 14.1. The molecular formula is C19H13N5. The van der Waals surface area contributed by atoms with E-state index in [1.807, 2.05) is 55.6 Å². The molecular weight excluding hydrogens is 298 g/mol. The van der Waals surface area contributed by atoms with Gasteiger partial charge in [-0.05, 0) is 37.3 Å². The Labute approximate surface area is 138 Å². The van der Waals surface area contributed by atoms with Crippen LogP contribution in [-0.4, -0.2) is 19.4 Å². The lowest BCUT2D eigenvalue weighted by molar-refractivity contribution is 1.15. The number of hydrogen-bond acceptors (Lipinski definition) is 4. The van der Waals surface area contributed by atoms with Crippen LogP contribution in [0.2, 0.25) is 0 Å². The van der Waals surface area contributed by atoms with Crippen molar-refractivity contribution in [2.75, 3.05) is 0 Å². The first-order valence-corrected chi connectivity index (χ1v) is 7.53. The molecule has 24 heavy (non-hydrogen) atoms. The highest BCUT2D eigenvalue weighted by molar-refractivity contribution is 5.79. The zero-order valence-electron chi connectivity index (χ0n) is 13.0. The van der Waals surface area contributed by atoms with Crippen LogP contribution in [-0.2, 0) is 0 Å². The molecule has 0 amide bonds. The van der Waals surface area contributed by atoms with E-state index in [0.717, 1.165) is 33.9 Å². The van der Waals surface area contributed by atoms with E-state index in [1.54, 1.807) is 16.8 Å². The molecule has 0 aromatic carbocycles. The van der Waals surface area contributed by atoms with Gasteiger partial charge in [0.1, 0.15) is 17.4 Å². The maximum Gasteiger partial charge on any atom is 0.144 e. The normalized spacial score (nSPS) is 10.7. The third kappa shape index (κ3) is 2.31. The second kappa shape index (κ2) is 5.60. The standard InChI is InChI=1S/C19H13N5/c1-13-4-2-6-17(23-13)19-16(5-3-9-21-19)14-7-8-18-22-11-15(10-20)24(18)12-14/h2-9,11-12H,1H3. The number of imidazole rings is 1. The second-order valence-corrected chi connectivity index (χ2v) is 5.46. The molecule has 4 rings (SSSR count). The van der Waals surface area contributed by atoms with Gasteiger partial charge in [-0.2, -0.15) is 5.26 Å². The van der Waals surface area contributed by atoms with Crippen molar-refractivity contribution in [3.63, 3.8) is 0 Å². The molecule has 0 spiro atoms. The van der Waals surface area contributed by atoms with Crippen LogP contribution in [0.15, 0.2) is 61.1 Å². The lowest BCUT2D eigenvalue weighted by atomic mass is 10.0. The largest absolute Gasteiger partial charge is 0.291 e. The summed E-state index contributed by atoms with van der Waals surface area (Å²) in [5.41, 5.74) is 5.77. The van der Waals surface area contributed by atoms with E-state index < -0.39 is 0 Å². The molecule has 0 bridgehead atoms. The van der Waals surface area contributed by atoms with E-state index in [9.17, 15) is 5.26 Å². The zero-order chi connectivity index (χ0) is 16.5. The molecule has 0 radical (unpaired) electrons. The van der Waals surface area contributed by atoms with E-state index in [2.05, 4.69) is 21.0 Å². The topological polar surface area (TPSA) is 66.9 Å². The van der Waals surface area contributed by atoms with E-state index in [-0.39, 0.29) is 0 Å². The highest BCUT2D eigenvalue weighted by Gasteiger charge is 2.11. The maximum atomic E-state index is 9.22. The molecule has 0 aliphatic carbocycles. The van der Waals surface area contributed by atoms with Gasteiger partial charge in [-0.1, -0.05) is 12.1 Å². The fourth-order valence-corrected chi connectivity index (χ4v) is 2.74. The predicted molar refractivity (Wildman–Crippen MR) is 91.1 cm³/mol. The summed E-state index contributed by atoms with van der Waals surface area (Å²) in [5.74, 6) is 0. The van der Waals surface area contributed by atoms with Gasteiger partial charge in [0.05, 0.1) is 17.6 Å². The molecule has 0 atom stereocenters. The summed E-state index contributed by atoms with van der Waals surface area (Å²) >= 11 is 0. The van der Waals surface area contributed by atoms with Crippen LogP contribution >= 0.6 is 0 Å². The van der Waals surface area contributed by atoms with Gasteiger partial charge in [-0.15, -0.1) is 0 Å². The number of hydrogen-bond donors (Lipinski definition) is 0. The van der Waals surface area contributed by atoms with Gasteiger partial charge >= 0.3 is 0 Å². The van der Waals surface area contributed by atoms with Crippen molar-refractivity contribution in [3.8, 4) is 28.6 Å². The Morgan fingerprint density at radius 2 is 1.96 bits per heavy atom. The SMILES string of the molecule is Cc1cccc(-c2ncccc2-c2ccc3ncc(C#N)n3c2)n1. The number of fused-ring (bicyclic) bond motifs is 1. The van der Waals surface area contributed by atoms with Crippen LogP contribution < -0.4 is 0 Å². The van der Waals surface area contributed by atoms with Crippen LogP contribution in [0.3, 0.4) is 0 Å². The van der Waals surface area contributed by atoms with Crippen molar-refractivity contribution in [2.24, 2.45) is 0 Å². The molecule has 0 unspecified atom stereocenters. The third-order valence-corrected chi connectivity index (χ3v) is 3.87. The first-order valence-electron chi connectivity index (χ1n) is 7.53. The lowest BCUT2D eigenvalue weighted by Gasteiger charge is -2.09. The Hall–Kier alpha value is -3.52. The fourth-order valence-electron chi connectivity index (χ4n) is 2.74. The van der Waals surface area contributed by atoms with Crippen molar-refractivity contribution in [2.45, 2.75) is 6.92 Å². The van der Waals surface area contributed by atoms with Gasteiger partial charge in [-0.3, -0.25) is 14.4 Å². The van der Waals surface area contributed by atoms with E-state index in [1.165, 1.54) is 0 Å². The Balaban J connectivity index is 1.93. The van der Waals surface area contributed by atoms with Crippen LogP contribution in [0.5, 0.6) is 0 Å². The number of nitrogens with zero attached hydrogens (tertiary/aromatic N) is 5. The fraction of sp³-hybridized carbons (Fsp3) is 0.0526. The van der Waals surface area contributed by atoms with Gasteiger partial charge in [0.2, 0.25) is 0 Å². The molecule has 4 heterocycles. The number of nitriles is 1. The number of pyridine rings is 3. The highest BCUT2D eigenvalue weighted by atomic mass is 15.0. The molecule has 5 nitrogen and oxygen atoms in total. The van der Waals surface area contributed by atoms with Crippen LogP contribution in [0, 0.1) is 18.3 Å². The summed E-state index contributed by atoms with van der Waals surface area (Å²) in [6.45, 7) is 1.96. The lowest BCUT2D eigenvalue weighted by Crippen LogP contribution is -1.95. The average molecular weight is 311 g/mol. The maximum absolute atomic E-state index is 9.22. The minimum atomic E-state index is 0.506. The molecule has 0 aliphatic rings. The molecule has 0 N–H and O–H groups in total. The van der Waals surface area contributed by atoms with Crippen molar-refractivity contribution in [1.29, 1.82) is 5.26 Å². The van der Waals surface area contributed by atoms with Crippen LogP contribution in [0.25, 0.3) is 28.2 Å². The summed E-state index contributed by atoms with van der Waals surface area (Å²) in [6.07, 6.45) is 5.25. The second-order valence-electron chi connectivity index (χ2n) is 5.46. The predicted octanol–water partition coefficient (Wildman–Crippen LogP) is 3.64. The summed E-state index contributed by atoms with van der Waals surface area (Å²) < 4.78 is 1.79. The minimum absolute atomic E-state index is 0.506.